The van der Waals surface area contributed by atoms with Crippen LogP contribution in [0, 0.1) is 27.7 Å². The van der Waals surface area contributed by atoms with Gasteiger partial charge in [0.1, 0.15) is 11.4 Å². The topological polar surface area (TPSA) is 63.5 Å². The van der Waals surface area contributed by atoms with E-state index in [1.54, 1.807) is 4.90 Å². The number of aromatic nitrogens is 3. The Kier molecular flexibility index (Phi) is 7.65. The van der Waals surface area contributed by atoms with E-state index in [4.69, 9.17) is 4.74 Å². The molecule has 1 amide bonds. The Morgan fingerprint density at radius 2 is 1.85 bits per heavy atom. The summed E-state index contributed by atoms with van der Waals surface area (Å²) in [6.45, 7) is 13.2. The van der Waals surface area contributed by atoms with Crippen LogP contribution < -0.4 is 4.74 Å². The van der Waals surface area contributed by atoms with Gasteiger partial charge in [-0.2, -0.15) is 18.3 Å². The number of rotatable bonds is 8. The van der Waals surface area contributed by atoms with Crippen LogP contribution >= 0.6 is 0 Å². The Balaban J connectivity index is 1.18. The predicted octanol–water partition coefficient (Wildman–Crippen LogP) is 5.66. The molecule has 2 aromatic heterocycles. The molecule has 2 bridgehead atoms. The van der Waals surface area contributed by atoms with E-state index in [0.717, 1.165) is 60.9 Å². The van der Waals surface area contributed by atoms with Gasteiger partial charge < -0.3 is 9.64 Å². The van der Waals surface area contributed by atoms with Crippen molar-refractivity contribution in [2.45, 2.75) is 78.3 Å². The molecule has 2 fully saturated rings. The molecule has 7 nitrogen and oxygen atoms in total. The first-order valence-electron chi connectivity index (χ1n) is 13.8. The second-order valence-corrected chi connectivity index (χ2v) is 11.1. The summed E-state index contributed by atoms with van der Waals surface area (Å²) < 4.78 is 46.8. The third kappa shape index (κ3) is 5.46. The van der Waals surface area contributed by atoms with Gasteiger partial charge >= 0.3 is 6.18 Å². The molecular formula is C30H36F3N5O2. The van der Waals surface area contributed by atoms with Crippen LogP contribution in [-0.4, -0.2) is 62.3 Å². The van der Waals surface area contributed by atoms with Crippen molar-refractivity contribution < 1.29 is 22.7 Å². The third-order valence-corrected chi connectivity index (χ3v) is 8.46. The Bertz CT molecular complexity index is 1390. The molecular weight excluding hydrogens is 519 g/mol. The van der Waals surface area contributed by atoms with Crippen molar-refractivity contribution in [3.63, 3.8) is 0 Å². The van der Waals surface area contributed by atoms with Crippen molar-refractivity contribution in [1.82, 2.24) is 24.6 Å². The minimum atomic E-state index is -4.47. The molecule has 0 unspecified atom stereocenters. The number of piperazine rings is 1. The van der Waals surface area contributed by atoms with Crippen LogP contribution in [0.2, 0.25) is 0 Å². The number of ether oxygens (including phenoxy) is 1. The van der Waals surface area contributed by atoms with Crippen molar-refractivity contribution >= 4 is 5.91 Å². The number of nitrogens with zero attached hydrogens (tertiary/aromatic N) is 5. The van der Waals surface area contributed by atoms with Crippen molar-refractivity contribution in [1.29, 1.82) is 0 Å². The minimum absolute atomic E-state index is 0.0234. The lowest BCUT2D eigenvalue weighted by Gasteiger charge is -2.38. The fraction of sp³-hybridized carbons (Fsp3) is 0.500. The van der Waals surface area contributed by atoms with Gasteiger partial charge in [-0.05, 0) is 82.0 Å². The van der Waals surface area contributed by atoms with Crippen molar-refractivity contribution in [3.8, 4) is 5.75 Å². The maximum absolute atomic E-state index is 13.0. The van der Waals surface area contributed by atoms with Crippen molar-refractivity contribution in [2.24, 2.45) is 0 Å². The van der Waals surface area contributed by atoms with Gasteiger partial charge in [-0.3, -0.25) is 19.4 Å². The van der Waals surface area contributed by atoms with E-state index in [-0.39, 0.29) is 29.7 Å². The third-order valence-electron chi connectivity index (χ3n) is 8.46. The predicted molar refractivity (Wildman–Crippen MR) is 145 cm³/mol. The van der Waals surface area contributed by atoms with Crippen LogP contribution in [0.5, 0.6) is 5.75 Å². The molecule has 0 spiro atoms. The van der Waals surface area contributed by atoms with Gasteiger partial charge in [-0.15, -0.1) is 0 Å². The molecule has 2 aliphatic heterocycles. The lowest BCUT2D eigenvalue weighted by atomic mass is 9.96. The summed E-state index contributed by atoms with van der Waals surface area (Å²) in [5.74, 6) is 0.588. The van der Waals surface area contributed by atoms with Gasteiger partial charge in [0.2, 0.25) is 0 Å². The van der Waals surface area contributed by atoms with Gasteiger partial charge in [0, 0.05) is 56.1 Å². The number of hydrogen-bond acceptors (Lipinski definition) is 5. The first-order chi connectivity index (χ1) is 18.9. The maximum Gasteiger partial charge on any atom is 0.417 e. The molecule has 3 atom stereocenters. The van der Waals surface area contributed by atoms with Crippen molar-refractivity contribution in [3.05, 3.63) is 75.9 Å². The summed E-state index contributed by atoms with van der Waals surface area (Å²) >= 11 is 0. The van der Waals surface area contributed by atoms with E-state index in [9.17, 15) is 18.0 Å². The fourth-order valence-electron chi connectivity index (χ4n) is 6.16. The number of hydrogen-bond donors (Lipinski definition) is 0. The van der Waals surface area contributed by atoms with E-state index in [1.807, 2.05) is 11.6 Å². The summed E-state index contributed by atoms with van der Waals surface area (Å²) in [5, 5.41) is 4.51. The van der Waals surface area contributed by atoms with Gasteiger partial charge in [0.05, 0.1) is 17.9 Å². The van der Waals surface area contributed by atoms with Gasteiger partial charge in [0.15, 0.2) is 0 Å². The molecule has 3 aromatic rings. The molecule has 214 valence electrons. The standard InChI is InChI=1S/C30H36F3N5O2/c1-18-13-19(2)38(35-18)11-6-12-40-28-10-8-26(20(3)21(28)4)22(5)36-16-25-14-24(36)17-37(25)29(39)27-9-7-23(15-34-27)30(31,32)33/h7-10,13,15,22,24-25H,6,11-12,14,16-17H2,1-5H3/t22-,24-,25-/m0/s1. The van der Waals surface area contributed by atoms with Crippen LogP contribution in [0.4, 0.5) is 13.2 Å². The smallest absolute Gasteiger partial charge is 0.417 e. The molecule has 2 aliphatic rings. The molecule has 0 radical (unpaired) electrons. The lowest BCUT2D eigenvalue weighted by Crippen LogP contribution is -2.49. The molecule has 0 saturated carbocycles. The Labute approximate surface area is 232 Å². The fourth-order valence-corrected chi connectivity index (χ4v) is 6.16. The average molecular weight is 556 g/mol. The van der Waals surface area contributed by atoms with E-state index in [2.05, 4.69) is 60.9 Å². The first kappa shape index (κ1) is 28.1. The number of alkyl halides is 3. The Morgan fingerprint density at radius 1 is 1.07 bits per heavy atom. The second-order valence-electron chi connectivity index (χ2n) is 11.1. The lowest BCUT2D eigenvalue weighted by molar-refractivity contribution is -0.137. The molecule has 4 heterocycles. The number of carbonyl (C=O) groups is 1. The van der Waals surface area contributed by atoms with Crippen LogP contribution in [0.1, 0.15) is 69.9 Å². The molecule has 40 heavy (non-hydrogen) atoms. The summed E-state index contributed by atoms with van der Waals surface area (Å²) in [5.41, 5.74) is 4.95. The van der Waals surface area contributed by atoms with Crippen LogP contribution in [0.25, 0.3) is 0 Å². The van der Waals surface area contributed by atoms with Gasteiger partial charge in [0.25, 0.3) is 5.91 Å². The molecule has 10 heteroatoms. The van der Waals surface area contributed by atoms with Crippen LogP contribution in [0.15, 0.2) is 36.5 Å². The molecule has 2 saturated heterocycles. The van der Waals surface area contributed by atoms with Gasteiger partial charge in [-0.1, -0.05) is 6.07 Å². The minimum Gasteiger partial charge on any atom is -0.493 e. The number of benzene rings is 1. The number of halogens is 3. The summed E-state index contributed by atoms with van der Waals surface area (Å²) in [7, 11) is 0. The molecule has 0 N–H and O–H groups in total. The highest BCUT2D eigenvalue weighted by Gasteiger charge is 2.47. The molecule has 5 rings (SSSR count). The number of fused-ring (bicyclic) bond motifs is 2. The average Bonchev–Trinajstić information content (AvgIpc) is 3.61. The van der Waals surface area contributed by atoms with Crippen molar-refractivity contribution in [2.75, 3.05) is 19.7 Å². The van der Waals surface area contributed by atoms with E-state index >= 15 is 0 Å². The zero-order valence-corrected chi connectivity index (χ0v) is 23.6. The maximum atomic E-state index is 13.0. The largest absolute Gasteiger partial charge is 0.493 e. The van der Waals surface area contributed by atoms with E-state index in [1.165, 1.54) is 17.2 Å². The van der Waals surface area contributed by atoms with E-state index in [0.29, 0.717) is 13.2 Å². The highest BCUT2D eigenvalue weighted by atomic mass is 19.4. The Hall–Kier alpha value is -3.40. The summed E-state index contributed by atoms with van der Waals surface area (Å²) in [6.07, 6.45) is -2.02. The zero-order valence-electron chi connectivity index (χ0n) is 23.6. The number of likely N-dealkylation sites (tertiary alicyclic amines) is 2. The van der Waals surface area contributed by atoms with Crippen LogP contribution in [0.3, 0.4) is 0 Å². The number of carbonyl (C=O) groups excluding carboxylic acids is 1. The monoisotopic (exact) mass is 555 g/mol. The van der Waals surface area contributed by atoms with E-state index < -0.39 is 11.7 Å². The quantitative estimate of drug-likeness (QED) is 0.336. The number of amides is 1. The van der Waals surface area contributed by atoms with Gasteiger partial charge in [-0.25, -0.2) is 0 Å². The van der Waals surface area contributed by atoms with Crippen LogP contribution in [-0.2, 0) is 12.7 Å². The molecule has 1 aromatic carbocycles. The number of pyridine rings is 1. The Morgan fingerprint density at radius 3 is 2.45 bits per heavy atom. The summed E-state index contributed by atoms with van der Waals surface area (Å²) in [6, 6.07) is 8.75. The number of aryl methyl sites for hydroxylation is 3. The SMILES string of the molecule is Cc1cc(C)n(CCCOc2ccc([C@H](C)N3C[C@@H]4C[C@H]3CN4C(=O)c3ccc(C(F)(F)F)cn3)c(C)c2C)n1. The zero-order chi connectivity index (χ0) is 28.8. The first-order valence-corrected chi connectivity index (χ1v) is 13.8. The highest BCUT2D eigenvalue weighted by molar-refractivity contribution is 5.93. The second kappa shape index (κ2) is 10.9. The highest BCUT2D eigenvalue weighted by Crippen LogP contribution is 2.39. The normalized spacial score (nSPS) is 19.9. The summed E-state index contributed by atoms with van der Waals surface area (Å²) in [4.78, 5) is 21.0. The molecule has 0 aliphatic carbocycles.